The first-order valence-electron chi connectivity index (χ1n) is 7.30. The van der Waals surface area contributed by atoms with Crippen LogP contribution in [-0.4, -0.2) is 32.0 Å². The van der Waals surface area contributed by atoms with Crippen LogP contribution in [0, 0.1) is 13.8 Å². The summed E-state index contributed by atoms with van der Waals surface area (Å²) in [5, 5.41) is 8.41. The number of aryl methyl sites for hydroxylation is 2. The van der Waals surface area contributed by atoms with Crippen molar-refractivity contribution in [2.24, 2.45) is 0 Å². The van der Waals surface area contributed by atoms with Gasteiger partial charge in [0.2, 0.25) is 5.82 Å². The first kappa shape index (κ1) is 15.4. The highest BCUT2D eigenvalue weighted by molar-refractivity contribution is 5.53. The van der Waals surface area contributed by atoms with Crippen LogP contribution < -0.4 is 0 Å². The molecule has 0 aliphatic heterocycles. The largest absolute Gasteiger partial charge is 0.369 e. The zero-order valence-electron chi connectivity index (χ0n) is 13.9. The van der Waals surface area contributed by atoms with E-state index in [0.717, 1.165) is 22.8 Å². The van der Waals surface area contributed by atoms with E-state index < -0.39 is 5.60 Å². The summed E-state index contributed by atoms with van der Waals surface area (Å²) in [6.45, 7) is 7.69. The highest BCUT2D eigenvalue weighted by atomic mass is 16.5. The Morgan fingerprint density at radius 3 is 2.57 bits per heavy atom. The van der Waals surface area contributed by atoms with E-state index in [1.165, 1.54) is 0 Å². The fourth-order valence-corrected chi connectivity index (χ4v) is 2.18. The van der Waals surface area contributed by atoms with Crippen LogP contribution in [0.3, 0.4) is 0 Å². The maximum absolute atomic E-state index is 5.34. The van der Waals surface area contributed by atoms with Gasteiger partial charge >= 0.3 is 0 Å². The van der Waals surface area contributed by atoms with Crippen molar-refractivity contribution >= 4 is 0 Å². The smallest absolute Gasteiger partial charge is 0.258 e. The minimum Gasteiger partial charge on any atom is -0.369 e. The average molecular weight is 313 g/mol. The summed E-state index contributed by atoms with van der Waals surface area (Å²) in [7, 11) is 1.61. The van der Waals surface area contributed by atoms with Crippen molar-refractivity contribution in [3.63, 3.8) is 0 Å². The summed E-state index contributed by atoms with van der Waals surface area (Å²) in [6.07, 6.45) is 1.71. The Morgan fingerprint density at radius 2 is 2.00 bits per heavy atom. The van der Waals surface area contributed by atoms with Gasteiger partial charge in [-0.05, 0) is 45.9 Å². The third kappa shape index (κ3) is 2.87. The quantitative estimate of drug-likeness (QED) is 0.737. The predicted molar refractivity (Wildman–Crippen MR) is 84.2 cm³/mol. The van der Waals surface area contributed by atoms with Gasteiger partial charge in [-0.1, -0.05) is 5.16 Å². The molecule has 0 aromatic carbocycles. The summed E-state index contributed by atoms with van der Waals surface area (Å²) >= 11 is 0. The highest BCUT2D eigenvalue weighted by Gasteiger charge is 2.27. The molecule has 7 heteroatoms. The van der Waals surface area contributed by atoms with Crippen LogP contribution in [0.4, 0.5) is 0 Å². The molecule has 0 unspecified atom stereocenters. The van der Waals surface area contributed by atoms with Crippen LogP contribution >= 0.6 is 0 Å². The van der Waals surface area contributed by atoms with Crippen molar-refractivity contribution in [1.82, 2.24) is 24.9 Å². The number of hydrogen-bond acceptors (Lipinski definition) is 6. The average Bonchev–Trinajstić information content (AvgIpc) is 3.15. The van der Waals surface area contributed by atoms with Crippen LogP contribution in [0.25, 0.3) is 17.2 Å². The zero-order valence-corrected chi connectivity index (χ0v) is 13.9. The van der Waals surface area contributed by atoms with Crippen molar-refractivity contribution in [2.45, 2.75) is 33.3 Å². The fourth-order valence-electron chi connectivity index (χ4n) is 2.18. The lowest BCUT2D eigenvalue weighted by atomic mass is 10.1. The van der Waals surface area contributed by atoms with E-state index in [0.29, 0.717) is 11.7 Å². The lowest BCUT2D eigenvalue weighted by molar-refractivity contribution is -0.00786. The molecule has 0 aliphatic rings. The molecule has 0 aliphatic carbocycles. The van der Waals surface area contributed by atoms with Gasteiger partial charge < -0.3 is 9.26 Å². The second-order valence-corrected chi connectivity index (χ2v) is 5.88. The molecule has 0 spiro atoms. The van der Waals surface area contributed by atoms with Gasteiger partial charge in [0.1, 0.15) is 5.60 Å². The Morgan fingerprint density at radius 1 is 1.22 bits per heavy atom. The van der Waals surface area contributed by atoms with Crippen LogP contribution in [0.5, 0.6) is 0 Å². The molecule has 3 aromatic rings. The van der Waals surface area contributed by atoms with Crippen LogP contribution in [0.15, 0.2) is 28.9 Å². The Bertz CT molecular complexity index is 817. The lowest BCUT2D eigenvalue weighted by Gasteiger charge is -2.16. The summed E-state index contributed by atoms with van der Waals surface area (Å²) in [6, 6.07) is 5.79. The molecule has 0 saturated heterocycles. The van der Waals surface area contributed by atoms with Gasteiger partial charge in [-0.25, -0.2) is 9.67 Å². The number of nitrogens with zero attached hydrogens (tertiary/aromatic N) is 5. The van der Waals surface area contributed by atoms with E-state index in [-0.39, 0.29) is 0 Å². The van der Waals surface area contributed by atoms with Gasteiger partial charge in [0.15, 0.2) is 5.82 Å². The maximum atomic E-state index is 5.34. The van der Waals surface area contributed by atoms with Crippen molar-refractivity contribution < 1.29 is 9.26 Å². The number of pyridine rings is 1. The minimum atomic E-state index is -0.623. The third-order valence-electron chi connectivity index (χ3n) is 3.68. The molecule has 3 heterocycles. The second-order valence-electron chi connectivity index (χ2n) is 5.88. The first-order chi connectivity index (χ1) is 10.9. The highest BCUT2D eigenvalue weighted by Crippen LogP contribution is 2.25. The molecule has 7 nitrogen and oxygen atoms in total. The van der Waals surface area contributed by atoms with Crippen LogP contribution in [0.1, 0.15) is 31.1 Å². The van der Waals surface area contributed by atoms with E-state index in [2.05, 4.69) is 20.2 Å². The van der Waals surface area contributed by atoms with Crippen molar-refractivity contribution in [3.8, 4) is 17.2 Å². The van der Waals surface area contributed by atoms with Gasteiger partial charge in [-0.15, -0.1) is 0 Å². The maximum Gasteiger partial charge on any atom is 0.258 e. The molecular formula is C16H19N5O2. The molecule has 23 heavy (non-hydrogen) atoms. The summed E-state index contributed by atoms with van der Waals surface area (Å²) in [5.41, 5.74) is 2.14. The van der Waals surface area contributed by atoms with Gasteiger partial charge in [-0.3, -0.25) is 0 Å². The first-order valence-corrected chi connectivity index (χ1v) is 7.30. The second kappa shape index (κ2) is 5.58. The Kier molecular flexibility index (Phi) is 3.73. The van der Waals surface area contributed by atoms with E-state index >= 15 is 0 Å². The summed E-state index contributed by atoms with van der Waals surface area (Å²) in [5.74, 6) is 1.66. The number of rotatable bonds is 4. The van der Waals surface area contributed by atoms with Gasteiger partial charge in [0.05, 0.1) is 5.69 Å². The molecule has 0 atom stereocenters. The minimum absolute atomic E-state index is 0.428. The van der Waals surface area contributed by atoms with E-state index in [9.17, 15) is 0 Å². The number of hydrogen-bond donors (Lipinski definition) is 0. The number of methoxy groups -OCH3 is 1. The van der Waals surface area contributed by atoms with Crippen molar-refractivity contribution in [3.05, 3.63) is 41.7 Å². The summed E-state index contributed by atoms with van der Waals surface area (Å²) < 4.78 is 12.4. The molecule has 120 valence electrons. The molecule has 0 N–H and O–H groups in total. The van der Waals surface area contributed by atoms with E-state index in [4.69, 9.17) is 9.26 Å². The predicted octanol–water partition coefficient (Wildman–Crippen LogP) is 2.82. The van der Waals surface area contributed by atoms with Gasteiger partial charge in [0, 0.05) is 24.6 Å². The molecule has 0 bridgehead atoms. The molecule has 0 fully saturated rings. The monoisotopic (exact) mass is 313 g/mol. The fraction of sp³-hybridized carbons (Fsp3) is 0.375. The number of ether oxygens (including phenoxy) is 1. The van der Waals surface area contributed by atoms with Gasteiger partial charge in [0.25, 0.3) is 5.89 Å². The SMILES string of the molecule is COC(C)(C)c1nc(-c2ccc(-n3nc(C)cc3C)nc2)no1. The Labute approximate surface area is 134 Å². The normalized spacial score (nSPS) is 11.9. The molecule has 0 amide bonds. The van der Waals surface area contributed by atoms with E-state index in [1.807, 2.05) is 45.9 Å². The molecule has 0 saturated carbocycles. The van der Waals surface area contributed by atoms with Crippen molar-refractivity contribution in [2.75, 3.05) is 7.11 Å². The number of aromatic nitrogens is 5. The Hall–Kier alpha value is -2.54. The van der Waals surface area contributed by atoms with Crippen molar-refractivity contribution in [1.29, 1.82) is 0 Å². The topological polar surface area (TPSA) is 78.9 Å². The molecule has 3 rings (SSSR count). The molecular weight excluding hydrogens is 294 g/mol. The third-order valence-corrected chi connectivity index (χ3v) is 3.68. The summed E-state index contributed by atoms with van der Waals surface area (Å²) in [4.78, 5) is 8.82. The molecule has 0 radical (unpaired) electrons. The van der Waals surface area contributed by atoms with Crippen LogP contribution in [-0.2, 0) is 10.3 Å². The Balaban J connectivity index is 1.90. The lowest BCUT2D eigenvalue weighted by Crippen LogP contribution is -2.19. The molecule has 3 aromatic heterocycles. The van der Waals surface area contributed by atoms with Crippen LogP contribution in [0.2, 0.25) is 0 Å². The van der Waals surface area contributed by atoms with Gasteiger partial charge in [-0.2, -0.15) is 10.1 Å². The van der Waals surface area contributed by atoms with E-state index in [1.54, 1.807) is 18.0 Å². The standard InChI is InChI=1S/C16H19N5O2/c1-10-8-11(2)21(19-10)13-7-6-12(9-17-13)14-18-15(23-20-14)16(3,4)22-5/h6-9H,1-5H3. The zero-order chi connectivity index (χ0) is 16.6.